The topological polar surface area (TPSA) is 81.2 Å². The van der Waals surface area contributed by atoms with Gasteiger partial charge in [0.1, 0.15) is 12.1 Å². The van der Waals surface area contributed by atoms with Gasteiger partial charge in [0, 0.05) is 23.9 Å². The summed E-state index contributed by atoms with van der Waals surface area (Å²) in [4.78, 5) is 8.71. The van der Waals surface area contributed by atoms with E-state index in [9.17, 15) is 8.42 Å². The van der Waals surface area contributed by atoms with Crippen molar-refractivity contribution in [1.29, 1.82) is 0 Å². The van der Waals surface area contributed by atoms with E-state index in [4.69, 9.17) is 4.74 Å². The summed E-state index contributed by atoms with van der Waals surface area (Å²) in [5.41, 5.74) is 2.57. The van der Waals surface area contributed by atoms with Gasteiger partial charge in [-0.25, -0.2) is 18.4 Å². The van der Waals surface area contributed by atoms with Gasteiger partial charge in [-0.2, -0.15) is 0 Å². The van der Waals surface area contributed by atoms with Crippen LogP contribution in [0.4, 0.5) is 11.5 Å². The second kappa shape index (κ2) is 7.16. The third kappa shape index (κ3) is 4.12. The van der Waals surface area contributed by atoms with Gasteiger partial charge in [-0.1, -0.05) is 12.1 Å². The fraction of sp³-hybridized carbons (Fsp3) is 0.222. The van der Waals surface area contributed by atoms with Crippen molar-refractivity contribution in [3.63, 3.8) is 0 Å². The van der Waals surface area contributed by atoms with E-state index in [2.05, 4.69) is 15.3 Å². The summed E-state index contributed by atoms with van der Waals surface area (Å²) >= 11 is 0. The lowest BCUT2D eigenvalue weighted by atomic mass is 10.2. The van der Waals surface area contributed by atoms with E-state index in [1.165, 1.54) is 12.6 Å². The minimum atomic E-state index is -3.30. The molecule has 3 rings (SSSR count). The first kappa shape index (κ1) is 17.3. The molecule has 1 N–H and O–H groups in total. The van der Waals surface area contributed by atoms with Gasteiger partial charge >= 0.3 is 0 Å². The number of ether oxygens (including phenoxy) is 1. The molecule has 0 saturated carbocycles. The van der Waals surface area contributed by atoms with Gasteiger partial charge < -0.3 is 10.1 Å². The molecule has 25 heavy (non-hydrogen) atoms. The molecule has 0 spiro atoms. The summed E-state index contributed by atoms with van der Waals surface area (Å²) in [6.45, 7) is 3.14. The van der Waals surface area contributed by atoms with Crippen molar-refractivity contribution in [2.75, 3.05) is 18.2 Å². The summed E-state index contributed by atoms with van der Waals surface area (Å²) in [5, 5.41) is 3.89. The Morgan fingerprint density at radius 2 is 1.96 bits per heavy atom. The molecule has 7 heteroatoms. The largest absolute Gasteiger partial charge is 0.377 e. The molecule has 0 saturated heterocycles. The van der Waals surface area contributed by atoms with Crippen LogP contribution in [0.25, 0.3) is 10.9 Å². The van der Waals surface area contributed by atoms with Crippen LogP contribution in [-0.2, 0) is 21.2 Å². The smallest absolute Gasteiger partial charge is 0.175 e. The SMILES string of the molecule is CCOCc1cccc(Nc2ncnc3ccc(S(C)(=O)=O)cc23)c1. The van der Waals surface area contributed by atoms with E-state index in [1.54, 1.807) is 18.2 Å². The number of nitrogens with zero attached hydrogens (tertiary/aromatic N) is 2. The zero-order valence-corrected chi connectivity index (χ0v) is 14.9. The number of fused-ring (bicyclic) bond motifs is 1. The molecule has 1 heterocycles. The fourth-order valence-corrected chi connectivity index (χ4v) is 3.11. The molecule has 0 amide bonds. The van der Waals surface area contributed by atoms with Crippen molar-refractivity contribution in [3.05, 3.63) is 54.4 Å². The summed E-state index contributed by atoms with van der Waals surface area (Å²) in [6, 6.07) is 12.6. The Morgan fingerprint density at radius 1 is 1.12 bits per heavy atom. The second-order valence-electron chi connectivity index (χ2n) is 5.64. The van der Waals surface area contributed by atoms with E-state index in [1.807, 2.05) is 31.2 Å². The van der Waals surface area contributed by atoms with Crippen molar-refractivity contribution in [2.24, 2.45) is 0 Å². The normalized spacial score (nSPS) is 11.6. The standard InChI is InChI=1S/C18H19N3O3S/c1-3-24-11-13-5-4-6-14(9-13)21-18-16-10-15(25(2,22)23)7-8-17(16)19-12-20-18/h4-10,12H,3,11H2,1-2H3,(H,19,20,21). The maximum Gasteiger partial charge on any atom is 0.175 e. The van der Waals surface area contributed by atoms with Gasteiger partial charge in [-0.05, 0) is 42.8 Å². The number of hydrogen-bond acceptors (Lipinski definition) is 6. The third-order valence-electron chi connectivity index (χ3n) is 3.70. The van der Waals surface area contributed by atoms with Crippen LogP contribution in [0.2, 0.25) is 0 Å². The minimum absolute atomic E-state index is 0.239. The highest BCUT2D eigenvalue weighted by atomic mass is 32.2. The van der Waals surface area contributed by atoms with Gasteiger partial charge in [0.2, 0.25) is 0 Å². The minimum Gasteiger partial charge on any atom is -0.377 e. The van der Waals surface area contributed by atoms with Crippen LogP contribution in [0.3, 0.4) is 0 Å². The maximum absolute atomic E-state index is 11.8. The first-order valence-corrected chi connectivity index (χ1v) is 9.75. The molecule has 130 valence electrons. The highest BCUT2D eigenvalue weighted by Gasteiger charge is 2.11. The molecule has 0 unspecified atom stereocenters. The Kier molecular flexibility index (Phi) is 4.96. The number of hydrogen-bond donors (Lipinski definition) is 1. The quantitative estimate of drug-likeness (QED) is 0.729. The van der Waals surface area contributed by atoms with E-state index in [0.29, 0.717) is 29.9 Å². The van der Waals surface area contributed by atoms with Crippen molar-refractivity contribution in [2.45, 2.75) is 18.4 Å². The molecular formula is C18H19N3O3S. The predicted molar refractivity (Wildman–Crippen MR) is 97.7 cm³/mol. The van der Waals surface area contributed by atoms with Crippen molar-refractivity contribution in [1.82, 2.24) is 9.97 Å². The van der Waals surface area contributed by atoms with Crippen LogP contribution in [0.1, 0.15) is 12.5 Å². The predicted octanol–water partition coefficient (Wildman–Crippen LogP) is 3.31. The summed E-state index contributed by atoms with van der Waals surface area (Å²) < 4.78 is 29.1. The van der Waals surface area contributed by atoms with Crippen LogP contribution in [0.5, 0.6) is 0 Å². The zero-order chi connectivity index (χ0) is 17.9. The molecule has 0 aliphatic rings. The van der Waals surface area contributed by atoms with E-state index in [-0.39, 0.29) is 4.90 Å². The molecule has 6 nitrogen and oxygen atoms in total. The van der Waals surface area contributed by atoms with Crippen LogP contribution in [0, 0.1) is 0 Å². The number of anilines is 2. The molecule has 0 atom stereocenters. The van der Waals surface area contributed by atoms with Gasteiger partial charge in [0.15, 0.2) is 9.84 Å². The molecule has 0 fully saturated rings. The lowest BCUT2D eigenvalue weighted by Gasteiger charge is -2.10. The number of sulfone groups is 1. The number of nitrogens with one attached hydrogen (secondary N) is 1. The Labute approximate surface area is 146 Å². The van der Waals surface area contributed by atoms with Crippen molar-refractivity contribution in [3.8, 4) is 0 Å². The molecular weight excluding hydrogens is 338 g/mol. The van der Waals surface area contributed by atoms with Crippen LogP contribution >= 0.6 is 0 Å². The Balaban J connectivity index is 1.98. The van der Waals surface area contributed by atoms with E-state index < -0.39 is 9.84 Å². The van der Waals surface area contributed by atoms with Gasteiger partial charge in [-0.15, -0.1) is 0 Å². The number of benzene rings is 2. The number of aromatic nitrogens is 2. The lowest BCUT2D eigenvalue weighted by molar-refractivity contribution is 0.134. The van der Waals surface area contributed by atoms with Crippen molar-refractivity contribution < 1.29 is 13.2 Å². The molecule has 0 aliphatic heterocycles. The Morgan fingerprint density at radius 3 is 2.72 bits per heavy atom. The van der Waals surface area contributed by atoms with Gasteiger partial charge in [0.25, 0.3) is 0 Å². The highest BCUT2D eigenvalue weighted by molar-refractivity contribution is 7.90. The van der Waals surface area contributed by atoms with Gasteiger partial charge in [0.05, 0.1) is 17.0 Å². The van der Waals surface area contributed by atoms with E-state index >= 15 is 0 Å². The van der Waals surface area contributed by atoms with Crippen LogP contribution in [-0.4, -0.2) is 31.2 Å². The molecule has 0 bridgehead atoms. The molecule has 1 aromatic heterocycles. The third-order valence-corrected chi connectivity index (χ3v) is 4.81. The molecule has 0 radical (unpaired) electrons. The molecule has 2 aromatic carbocycles. The van der Waals surface area contributed by atoms with Crippen molar-refractivity contribution >= 4 is 32.2 Å². The highest BCUT2D eigenvalue weighted by Crippen LogP contribution is 2.26. The number of rotatable bonds is 6. The molecule has 0 aliphatic carbocycles. The first-order valence-electron chi connectivity index (χ1n) is 7.86. The van der Waals surface area contributed by atoms with Crippen LogP contribution in [0.15, 0.2) is 53.7 Å². The second-order valence-corrected chi connectivity index (χ2v) is 7.65. The maximum atomic E-state index is 11.8. The Hall–Kier alpha value is -2.51. The summed E-state index contributed by atoms with van der Waals surface area (Å²) in [7, 11) is -3.30. The average molecular weight is 357 g/mol. The zero-order valence-electron chi connectivity index (χ0n) is 14.1. The summed E-state index contributed by atoms with van der Waals surface area (Å²) in [5.74, 6) is 0.559. The molecule has 3 aromatic rings. The average Bonchev–Trinajstić information content (AvgIpc) is 2.59. The van der Waals surface area contributed by atoms with Crippen LogP contribution < -0.4 is 5.32 Å². The Bertz CT molecular complexity index is 1000. The summed E-state index contributed by atoms with van der Waals surface area (Å²) in [6.07, 6.45) is 2.64. The monoisotopic (exact) mass is 357 g/mol. The van der Waals surface area contributed by atoms with E-state index in [0.717, 1.165) is 11.3 Å². The first-order chi connectivity index (χ1) is 12.0. The lowest BCUT2D eigenvalue weighted by Crippen LogP contribution is -2.00. The fourth-order valence-electron chi connectivity index (χ4n) is 2.46. The van der Waals surface area contributed by atoms with Gasteiger partial charge in [-0.3, -0.25) is 0 Å².